The fourth-order valence-electron chi connectivity index (χ4n) is 1.66. The van der Waals surface area contributed by atoms with Crippen molar-refractivity contribution in [1.82, 2.24) is 4.90 Å². The second-order valence-electron chi connectivity index (χ2n) is 3.70. The van der Waals surface area contributed by atoms with E-state index in [2.05, 4.69) is 0 Å². The molecule has 1 aromatic rings. The zero-order valence-corrected chi connectivity index (χ0v) is 9.68. The summed E-state index contributed by atoms with van der Waals surface area (Å²) in [5, 5.41) is 9.30. The Labute approximate surface area is 97.3 Å². The molecule has 0 radical (unpaired) electrons. The molecule has 0 unspecified atom stereocenters. The molecule has 1 aromatic carbocycles. The molecule has 0 atom stereocenters. The number of amides is 1. The van der Waals surface area contributed by atoms with Crippen LogP contribution in [0.1, 0.15) is 12.5 Å². The van der Waals surface area contributed by atoms with E-state index in [1.54, 1.807) is 4.90 Å². The van der Waals surface area contributed by atoms with Gasteiger partial charge in [-0.2, -0.15) is 0 Å². The fraction of sp³-hybridized carbons (Fsp3) is 0.364. The first-order valence-corrected chi connectivity index (χ1v) is 5.96. The molecular weight excluding hydrogens is 229 g/mol. The monoisotopic (exact) mass is 241 g/mol. The van der Waals surface area contributed by atoms with Crippen LogP contribution in [-0.2, 0) is 11.3 Å². The molecule has 2 rings (SSSR count). The van der Waals surface area contributed by atoms with Crippen LogP contribution in [-0.4, -0.2) is 28.2 Å². The molecular formula is C11H12FNO2S. The molecule has 0 bridgehead atoms. The summed E-state index contributed by atoms with van der Waals surface area (Å²) < 4.78 is 13.2. The van der Waals surface area contributed by atoms with Gasteiger partial charge in [0.2, 0.25) is 5.91 Å². The number of nitrogens with zero attached hydrogens (tertiary/aromatic N) is 1. The summed E-state index contributed by atoms with van der Waals surface area (Å²) in [4.78, 5) is 13.8. The number of phenols is 1. The van der Waals surface area contributed by atoms with Crippen molar-refractivity contribution in [2.45, 2.75) is 18.4 Å². The van der Waals surface area contributed by atoms with E-state index in [0.717, 1.165) is 16.2 Å². The number of fused-ring (bicyclic) bond motifs is 1. The minimum absolute atomic E-state index is 0.00253. The third-order valence-electron chi connectivity index (χ3n) is 2.56. The second kappa shape index (κ2) is 4.33. The van der Waals surface area contributed by atoms with E-state index in [9.17, 15) is 14.3 Å². The number of hydrogen-bond acceptors (Lipinski definition) is 3. The Morgan fingerprint density at radius 3 is 3.00 bits per heavy atom. The first kappa shape index (κ1) is 11.3. The fourth-order valence-corrected chi connectivity index (χ4v) is 2.69. The lowest BCUT2D eigenvalue weighted by molar-refractivity contribution is -0.129. The van der Waals surface area contributed by atoms with Gasteiger partial charge >= 0.3 is 0 Å². The van der Waals surface area contributed by atoms with E-state index < -0.39 is 5.82 Å². The molecule has 1 aliphatic rings. The van der Waals surface area contributed by atoms with Crippen LogP contribution in [0.2, 0.25) is 0 Å². The van der Waals surface area contributed by atoms with Gasteiger partial charge in [0.25, 0.3) is 0 Å². The summed E-state index contributed by atoms with van der Waals surface area (Å²) in [5.74, 6) is -0.221. The molecule has 0 saturated heterocycles. The van der Waals surface area contributed by atoms with Crippen LogP contribution < -0.4 is 0 Å². The van der Waals surface area contributed by atoms with E-state index in [-0.39, 0.29) is 11.7 Å². The predicted octanol–water partition coefficient (Wildman–Crippen LogP) is 1.99. The largest absolute Gasteiger partial charge is 0.505 e. The van der Waals surface area contributed by atoms with Gasteiger partial charge in [-0.15, -0.1) is 11.8 Å². The van der Waals surface area contributed by atoms with Crippen LogP contribution in [0.5, 0.6) is 5.75 Å². The SMILES string of the molecule is CC(=O)N1CCSc2cc(F)c(O)cc2C1. The van der Waals surface area contributed by atoms with E-state index in [1.807, 2.05) is 0 Å². The Bertz CT molecular complexity index is 436. The van der Waals surface area contributed by atoms with E-state index >= 15 is 0 Å². The quantitative estimate of drug-likeness (QED) is 0.755. The number of carbonyl (C=O) groups excluding carboxylic acids is 1. The van der Waals surface area contributed by atoms with E-state index in [4.69, 9.17) is 0 Å². The number of benzene rings is 1. The minimum atomic E-state index is -0.609. The Balaban J connectivity index is 2.36. The summed E-state index contributed by atoms with van der Waals surface area (Å²) in [7, 11) is 0. The van der Waals surface area contributed by atoms with Gasteiger partial charge in [-0.05, 0) is 17.7 Å². The van der Waals surface area contributed by atoms with Crippen LogP contribution in [0.4, 0.5) is 4.39 Å². The number of carbonyl (C=O) groups is 1. The van der Waals surface area contributed by atoms with Gasteiger partial charge in [0.05, 0.1) is 0 Å². The summed E-state index contributed by atoms with van der Waals surface area (Å²) in [6, 6.07) is 2.73. The molecule has 0 aliphatic carbocycles. The van der Waals surface area contributed by atoms with Crippen molar-refractivity contribution in [3.63, 3.8) is 0 Å². The van der Waals surface area contributed by atoms with Crippen LogP contribution in [0.25, 0.3) is 0 Å². The topological polar surface area (TPSA) is 40.5 Å². The first-order chi connectivity index (χ1) is 7.58. The van der Waals surface area contributed by atoms with Crippen molar-refractivity contribution >= 4 is 17.7 Å². The predicted molar refractivity (Wildman–Crippen MR) is 59.9 cm³/mol. The number of hydrogen-bond donors (Lipinski definition) is 1. The van der Waals surface area contributed by atoms with Gasteiger partial charge in [0.15, 0.2) is 11.6 Å². The van der Waals surface area contributed by atoms with Gasteiger partial charge in [0.1, 0.15) is 0 Å². The third kappa shape index (κ3) is 2.14. The molecule has 1 N–H and O–H groups in total. The molecule has 0 saturated carbocycles. The standard InChI is InChI=1S/C11H12FNO2S/c1-7(14)13-2-3-16-11-5-9(12)10(15)4-8(11)6-13/h4-5,15H,2-3,6H2,1H3. The van der Waals surface area contributed by atoms with Gasteiger partial charge in [-0.1, -0.05) is 0 Å². The molecule has 1 aliphatic heterocycles. The highest BCUT2D eigenvalue weighted by atomic mass is 32.2. The highest BCUT2D eigenvalue weighted by molar-refractivity contribution is 7.99. The summed E-state index contributed by atoms with van der Waals surface area (Å²) in [6.07, 6.45) is 0. The second-order valence-corrected chi connectivity index (χ2v) is 4.84. The molecule has 5 heteroatoms. The first-order valence-electron chi connectivity index (χ1n) is 4.97. The Morgan fingerprint density at radius 2 is 2.31 bits per heavy atom. The van der Waals surface area contributed by atoms with Crippen LogP contribution in [0.15, 0.2) is 17.0 Å². The maximum Gasteiger partial charge on any atom is 0.219 e. The van der Waals surface area contributed by atoms with Crippen molar-refractivity contribution in [2.75, 3.05) is 12.3 Å². The Kier molecular flexibility index (Phi) is 3.05. The van der Waals surface area contributed by atoms with Gasteiger partial charge in [0, 0.05) is 30.7 Å². The lowest BCUT2D eigenvalue weighted by Gasteiger charge is -2.18. The number of phenolic OH excluding ortho intramolecular Hbond substituents is 1. The summed E-state index contributed by atoms with van der Waals surface area (Å²) in [5.41, 5.74) is 0.802. The molecule has 86 valence electrons. The number of rotatable bonds is 0. The molecule has 0 fully saturated rings. The molecule has 1 heterocycles. The molecule has 0 spiro atoms. The highest BCUT2D eigenvalue weighted by Crippen LogP contribution is 2.31. The lowest BCUT2D eigenvalue weighted by atomic mass is 10.2. The average molecular weight is 241 g/mol. The van der Waals surface area contributed by atoms with Crippen molar-refractivity contribution < 1.29 is 14.3 Å². The van der Waals surface area contributed by atoms with Gasteiger partial charge < -0.3 is 10.0 Å². The van der Waals surface area contributed by atoms with E-state index in [1.165, 1.54) is 30.8 Å². The molecule has 0 aromatic heterocycles. The molecule has 1 amide bonds. The number of halogens is 1. The van der Waals surface area contributed by atoms with Crippen molar-refractivity contribution in [2.24, 2.45) is 0 Å². The Morgan fingerprint density at radius 1 is 1.56 bits per heavy atom. The number of thioether (sulfide) groups is 1. The van der Waals surface area contributed by atoms with Crippen LogP contribution in [0, 0.1) is 5.82 Å². The normalized spacial score (nSPS) is 15.5. The van der Waals surface area contributed by atoms with Crippen molar-refractivity contribution in [1.29, 1.82) is 0 Å². The molecule has 16 heavy (non-hydrogen) atoms. The van der Waals surface area contributed by atoms with Crippen molar-refractivity contribution in [3.8, 4) is 5.75 Å². The average Bonchev–Trinajstić information content (AvgIpc) is 2.41. The van der Waals surface area contributed by atoms with Crippen molar-refractivity contribution in [3.05, 3.63) is 23.5 Å². The lowest BCUT2D eigenvalue weighted by Crippen LogP contribution is -2.29. The highest BCUT2D eigenvalue weighted by Gasteiger charge is 2.18. The van der Waals surface area contributed by atoms with Crippen LogP contribution >= 0.6 is 11.8 Å². The maximum absolute atomic E-state index is 13.2. The Hall–Kier alpha value is -1.23. The van der Waals surface area contributed by atoms with Gasteiger partial charge in [-0.25, -0.2) is 4.39 Å². The zero-order valence-electron chi connectivity index (χ0n) is 8.86. The maximum atomic E-state index is 13.2. The molecule has 3 nitrogen and oxygen atoms in total. The third-order valence-corrected chi connectivity index (χ3v) is 3.63. The summed E-state index contributed by atoms with van der Waals surface area (Å²) in [6.45, 7) is 2.60. The minimum Gasteiger partial charge on any atom is -0.505 e. The van der Waals surface area contributed by atoms with Gasteiger partial charge in [-0.3, -0.25) is 4.79 Å². The summed E-state index contributed by atoms with van der Waals surface area (Å²) >= 11 is 1.51. The smallest absolute Gasteiger partial charge is 0.219 e. The van der Waals surface area contributed by atoms with Crippen LogP contribution in [0.3, 0.4) is 0 Å². The van der Waals surface area contributed by atoms with E-state index in [0.29, 0.717) is 13.1 Å². The zero-order chi connectivity index (χ0) is 11.7. The number of aromatic hydroxyl groups is 1.